The number of amides is 9. The van der Waals surface area contributed by atoms with E-state index in [2.05, 4.69) is 68.5 Å². The maximum atomic E-state index is 14.7. The minimum absolute atomic E-state index is 0.00654. The van der Waals surface area contributed by atoms with Gasteiger partial charge >= 0.3 is 17.9 Å². The molecule has 105 heavy (non-hydrogen) atoms. The van der Waals surface area contributed by atoms with E-state index in [1.807, 2.05) is 41.3 Å². The molecule has 0 unspecified atom stereocenters. The number of nitrogens with two attached hydrogens (primary N) is 2. The predicted molar refractivity (Wildman–Crippen MR) is 393 cm³/mol. The van der Waals surface area contributed by atoms with Gasteiger partial charge in [-0.2, -0.15) is 0 Å². The van der Waals surface area contributed by atoms with Gasteiger partial charge in [0.1, 0.15) is 42.3 Å². The van der Waals surface area contributed by atoms with Crippen LogP contribution in [0.4, 0.5) is 0 Å². The number of hydrogen-bond donors (Lipinski definition) is 19. The Bertz CT molecular complexity index is 3640. The van der Waals surface area contributed by atoms with Gasteiger partial charge in [0.15, 0.2) is 11.9 Å². The van der Waals surface area contributed by atoms with Gasteiger partial charge in [0.2, 0.25) is 47.3 Å². The maximum Gasteiger partial charge on any atom is 0.327 e. The Morgan fingerprint density at radius 2 is 1.20 bits per heavy atom. The molecule has 0 aliphatic carbocycles. The summed E-state index contributed by atoms with van der Waals surface area (Å²) in [6, 6.07) is 9.57. The Balaban J connectivity index is 1.07. The summed E-state index contributed by atoms with van der Waals surface area (Å²) in [7, 11) is 1.92. The van der Waals surface area contributed by atoms with Crippen molar-refractivity contribution in [3.63, 3.8) is 0 Å². The Labute approximate surface area is 615 Å². The number of benzene rings is 3. The zero-order valence-electron chi connectivity index (χ0n) is 59.0. The third-order valence-corrected chi connectivity index (χ3v) is 20.5. The van der Waals surface area contributed by atoms with Crippen LogP contribution in [-0.2, 0) is 72.1 Å². The van der Waals surface area contributed by atoms with Crippen LogP contribution in [0, 0.1) is 10.8 Å². The molecule has 1 aromatic heterocycles. The Hall–Kier alpha value is -10.1. The highest BCUT2D eigenvalue weighted by Crippen LogP contribution is 2.39. The Kier molecular flexibility index (Phi) is 34.0. The first kappa shape index (κ1) is 83.8. The average Bonchev–Trinajstić information content (AvgIpc) is 1.40. The van der Waals surface area contributed by atoms with Crippen molar-refractivity contribution >= 4 is 115 Å². The number of guanidine groups is 2. The summed E-state index contributed by atoms with van der Waals surface area (Å²) in [6.07, 6.45) is 4.17. The SMILES string of the molecule is C[C@H](NC(=O)[C@H](CCCNC(=N)N)NC(=O)CCCCCNC(=O)c1ccc(CNC(=O)CN2CCN(CC(=O)O)CCN(CC(=O)O)CC2)cc1)C(=O)N[C@@H]1CSSC(C)(C)[C@@H](C(=O)O)NC(=O)[C@H](Cc2c[nH]cn2)NC(=O)[C@H](Cc2ccc3ccccc3c2)NC(=O)[C@H](CCCNC(=N)N)NC1=O. The first-order valence-electron chi connectivity index (χ1n) is 34.5. The number of hydrogen-bond acceptors (Lipinski definition) is 20. The van der Waals surface area contributed by atoms with Crippen molar-refractivity contribution in [1.29, 1.82) is 10.8 Å². The minimum Gasteiger partial charge on any atom is -0.480 e. The molecule has 2 fully saturated rings. The number of carboxylic acid groups (broad SMARTS) is 3. The lowest BCUT2D eigenvalue weighted by Gasteiger charge is -2.32. The van der Waals surface area contributed by atoms with Gasteiger partial charge in [-0.05, 0) is 93.3 Å². The van der Waals surface area contributed by atoms with Gasteiger partial charge in [0.25, 0.3) is 5.91 Å². The third kappa shape index (κ3) is 29.9. The first-order chi connectivity index (χ1) is 50.0. The highest BCUT2D eigenvalue weighted by Gasteiger charge is 2.41. The standard InChI is InChI=1S/C68H98N20O15S2/c1-41(79-60(97)48(13-9-23-75-66(69)70)80-53(89)15-5-4-8-22-74-59(96)45-20-16-42(17-21-45)34-77-54(90)36-86-25-27-87(37-55(91)92)29-30-88(28-26-86)38-56(93)94)58(95)84-52-39-104-105-68(2,3)57(65(102)103)85-63(100)51(33-47-35-73-40-78-47)83-62(99)50(32-43-18-19-44-11-6-7-12-46(44)31-43)82-61(98)49(81-64(52)101)14-10-24-76-67(71)72/h6-7,11-12,16-21,31,35,40-41,48-52,57H,4-5,8-10,13-15,22-30,32-34,36-39H2,1-3H3,(H,73,78)(H,74,96)(H,77,90)(H,79,97)(H,80,89)(H,81,101)(H,82,98)(H,83,99)(H,84,95)(H,85,100)(H,91,92)(H,93,94)(H,102,103)(H4,69,70,75)(H4,71,72,76)/t41-,48-,49-,50-,51-,52+,57+/m0/s1. The van der Waals surface area contributed by atoms with Crippen LogP contribution in [0.3, 0.4) is 0 Å². The van der Waals surface area contributed by atoms with Crippen molar-refractivity contribution in [2.24, 2.45) is 11.5 Å². The molecule has 9 amide bonds. The molecule has 7 atom stereocenters. The van der Waals surface area contributed by atoms with Crippen LogP contribution in [0.5, 0.6) is 0 Å². The van der Waals surface area contributed by atoms with Crippen molar-refractivity contribution in [1.82, 2.24) is 83.2 Å². The monoisotopic (exact) mass is 1500 g/mol. The molecule has 4 aromatic rings. The lowest BCUT2D eigenvalue weighted by molar-refractivity contribution is -0.143. The van der Waals surface area contributed by atoms with Gasteiger partial charge in [-0.25, -0.2) is 9.78 Å². The van der Waals surface area contributed by atoms with Crippen molar-refractivity contribution in [3.05, 3.63) is 102 Å². The lowest BCUT2D eigenvalue weighted by atomic mass is 9.99. The zero-order chi connectivity index (χ0) is 76.6. The summed E-state index contributed by atoms with van der Waals surface area (Å²) < 4.78 is -1.37. The first-order valence-corrected chi connectivity index (χ1v) is 36.8. The molecule has 37 heteroatoms. The van der Waals surface area contributed by atoms with Gasteiger partial charge in [-0.15, -0.1) is 0 Å². The van der Waals surface area contributed by atoms with E-state index in [1.165, 1.54) is 33.3 Å². The normalized spacial score (nSPS) is 19.5. The van der Waals surface area contributed by atoms with E-state index in [0.717, 1.165) is 37.9 Å². The number of carbonyl (C=O) groups excluding carboxylic acids is 9. The highest BCUT2D eigenvalue weighted by molar-refractivity contribution is 8.77. The molecule has 2 aliphatic rings. The van der Waals surface area contributed by atoms with Crippen molar-refractivity contribution in [2.75, 3.05) is 84.3 Å². The quantitative estimate of drug-likeness (QED) is 0.0109. The molecule has 3 heterocycles. The molecular weight excluding hydrogens is 1400 g/mol. The number of H-pyrrole nitrogens is 1. The molecule has 6 rings (SSSR count). The summed E-state index contributed by atoms with van der Waals surface area (Å²) in [5.74, 6) is -10.7. The number of nitrogens with one attached hydrogen (secondary N) is 14. The van der Waals surface area contributed by atoms with Gasteiger partial charge in [0.05, 0.1) is 36.4 Å². The molecule has 21 N–H and O–H groups in total. The smallest absolute Gasteiger partial charge is 0.327 e. The molecule has 0 saturated carbocycles. The number of imidazole rings is 1. The number of aromatic nitrogens is 2. The number of aromatic amines is 1. The molecule has 35 nitrogen and oxygen atoms in total. The van der Waals surface area contributed by atoms with Crippen LogP contribution in [0.25, 0.3) is 10.8 Å². The van der Waals surface area contributed by atoms with Crippen molar-refractivity contribution < 1.29 is 72.9 Å². The fraction of sp³-hybridized carbons (Fsp3) is 0.515. The van der Waals surface area contributed by atoms with E-state index in [1.54, 1.807) is 40.1 Å². The summed E-state index contributed by atoms with van der Waals surface area (Å²) in [4.78, 5) is 175. The molecule has 0 radical (unpaired) electrons. The largest absolute Gasteiger partial charge is 0.480 e. The van der Waals surface area contributed by atoms with Crippen molar-refractivity contribution in [3.8, 4) is 0 Å². The third-order valence-electron chi connectivity index (χ3n) is 17.2. The fourth-order valence-corrected chi connectivity index (χ4v) is 14.2. The zero-order valence-corrected chi connectivity index (χ0v) is 60.7. The second-order valence-corrected chi connectivity index (χ2v) is 29.1. The Morgan fingerprint density at radius 1 is 0.629 bits per heavy atom. The Morgan fingerprint density at radius 3 is 1.81 bits per heavy atom. The molecule has 572 valence electrons. The van der Waals surface area contributed by atoms with Crippen LogP contribution in [-0.4, -0.2) is 254 Å². The molecular formula is C68H98N20O15S2. The van der Waals surface area contributed by atoms with Gasteiger partial charge in [-0.1, -0.05) is 82.6 Å². The second kappa shape index (κ2) is 42.6. The van der Waals surface area contributed by atoms with Gasteiger partial charge in [0, 0.05) is 102 Å². The number of carboxylic acids is 3. The topological polar surface area (TPSA) is 536 Å². The number of carbonyl (C=O) groups is 12. The summed E-state index contributed by atoms with van der Waals surface area (Å²) in [5.41, 5.74) is 13.1. The van der Waals surface area contributed by atoms with Crippen LogP contribution in [0.1, 0.15) is 99.3 Å². The van der Waals surface area contributed by atoms with E-state index < -0.39 is 106 Å². The molecule has 0 spiro atoms. The van der Waals surface area contributed by atoms with Crippen LogP contribution in [0.2, 0.25) is 0 Å². The van der Waals surface area contributed by atoms with E-state index in [9.17, 15) is 72.9 Å². The van der Waals surface area contributed by atoms with Crippen molar-refractivity contribution in [2.45, 2.75) is 139 Å². The van der Waals surface area contributed by atoms with E-state index in [4.69, 9.17) is 22.3 Å². The minimum atomic E-state index is -1.62. The number of unbranched alkanes of at least 4 members (excludes halogenated alkanes) is 2. The van der Waals surface area contributed by atoms with E-state index in [-0.39, 0.29) is 120 Å². The summed E-state index contributed by atoms with van der Waals surface area (Å²) >= 11 is 0. The summed E-state index contributed by atoms with van der Waals surface area (Å²) in [6.45, 7) is 6.97. The number of nitrogens with zero attached hydrogens (tertiary/aromatic N) is 4. The number of rotatable bonds is 33. The van der Waals surface area contributed by atoms with E-state index >= 15 is 0 Å². The highest BCUT2D eigenvalue weighted by atomic mass is 33.1. The second-order valence-electron chi connectivity index (χ2n) is 26.1. The molecule has 0 bridgehead atoms. The van der Waals surface area contributed by atoms with Crippen LogP contribution < -0.4 is 70.0 Å². The predicted octanol–water partition coefficient (Wildman–Crippen LogP) is -1.76. The molecule has 2 aliphatic heterocycles. The lowest BCUT2D eigenvalue weighted by Crippen LogP contribution is -2.61. The number of fused-ring (bicyclic) bond motifs is 1. The fourth-order valence-electron chi connectivity index (χ4n) is 11.4. The average molecular weight is 1500 g/mol. The van der Waals surface area contributed by atoms with Gasteiger partial charge < -0.3 is 90.3 Å². The van der Waals surface area contributed by atoms with Crippen LogP contribution >= 0.6 is 21.6 Å². The molecule has 3 aromatic carbocycles. The number of aliphatic carboxylic acids is 3. The molecule has 2 saturated heterocycles. The van der Waals surface area contributed by atoms with Crippen LogP contribution in [0.15, 0.2) is 79.3 Å². The van der Waals surface area contributed by atoms with Gasteiger partial charge in [-0.3, -0.25) is 78.3 Å². The maximum absolute atomic E-state index is 14.7. The van der Waals surface area contributed by atoms with E-state index in [0.29, 0.717) is 75.4 Å². The summed E-state index contributed by atoms with van der Waals surface area (Å²) in [5, 5.41) is 76.2.